The molecule has 3 heterocycles. The number of fused-ring (bicyclic) bond motifs is 1. The van der Waals surface area contributed by atoms with Gasteiger partial charge in [-0.25, -0.2) is 0 Å². The summed E-state index contributed by atoms with van der Waals surface area (Å²) in [6.07, 6.45) is 1.10. The summed E-state index contributed by atoms with van der Waals surface area (Å²) in [5.41, 5.74) is 2.18. The van der Waals surface area contributed by atoms with E-state index in [4.69, 9.17) is 0 Å². The lowest BCUT2D eigenvalue weighted by atomic mass is 9.95. The van der Waals surface area contributed by atoms with Gasteiger partial charge in [0.1, 0.15) is 4.83 Å². The van der Waals surface area contributed by atoms with Gasteiger partial charge in [0.05, 0.1) is 17.1 Å². The average Bonchev–Trinajstić information content (AvgIpc) is 3.20. The highest BCUT2D eigenvalue weighted by Gasteiger charge is 2.24. The summed E-state index contributed by atoms with van der Waals surface area (Å²) in [5.74, 6) is 0.530. The van der Waals surface area contributed by atoms with Crippen molar-refractivity contribution in [3.05, 3.63) is 52.5 Å². The second-order valence-electron chi connectivity index (χ2n) is 7.11. The van der Waals surface area contributed by atoms with Crippen LogP contribution in [0.25, 0.3) is 10.2 Å². The van der Waals surface area contributed by atoms with Crippen LogP contribution in [0.5, 0.6) is 0 Å². The molecule has 5 nitrogen and oxygen atoms in total. The first kappa shape index (κ1) is 19.9. The van der Waals surface area contributed by atoms with Crippen LogP contribution >= 0.6 is 23.7 Å². The molecule has 1 amide bonds. The third-order valence-electron chi connectivity index (χ3n) is 5.15. The molecule has 4 rings (SSSR count). The second-order valence-corrected chi connectivity index (χ2v) is 8.14. The van der Waals surface area contributed by atoms with Crippen molar-refractivity contribution in [3.63, 3.8) is 0 Å². The van der Waals surface area contributed by atoms with E-state index in [1.165, 1.54) is 16.9 Å². The van der Waals surface area contributed by atoms with Gasteiger partial charge in [-0.3, -0.25) is 9.48 Å². The molecular weight excluding hydrogens is 380 g/mol. The van der Waals surface area contributed by atoms with Gasteiger partial charge >= 0.3 is 0 Å². The number of rotatable bonds is 4. The molecule has 3 aromatic rings. The summed E-state index contributed by atoms with van der Waals surface area (Å²) in [5, 5.41) is 12.3. The van der Waals surface area contributed by atoms with Gasteiger partial charge in [-0.1, -0.05) is 37.3 Å². The van der Waals surface area contributed by atoms with Gasteiger partial charge < -0.3 is 10.6 Å². The minimum atomic E-state index is 0. The van der Waals surface area contributed by atoms with E-state index in [2.05, 4.69) is 34.8 Å². The van der Waals surface area contributed by atoms with E-state index in [1.807, 2.05) is 35.9 Å². The SMILES string of the molecule is Cc1nn(Cc2ccccc2)c2sc(C(=O)NC3CNCCC3C)cc12.Cl. The first-order valence-electron chi connectivity index (χ1n) is 9.14. The molecule has 1 aliphatic heterocycles. The normalized spacial score (nSPS) is 19.6. The summed E-state index contributed by atoms with van der Waals surface area (Å²) in [7, 11) is 0. The molecule has 2 N–H and O–H groups in total. The topological polar surface area (TPSA) is 59.0 Å². The molecule has 7 heteroatoms. The monoisotopic (exact) mass is 404 g/mol. The second kappa shape index (κ2) is 8.42. The fourth-order valence-electron chi connectivity index (χ4n) is 3.51. The van der Waals surface area contributed by atoms with Crippen LogP contribution < -0.4 is 10.6 Å². The van der Waals surface area contributed by atoms with Gasteiger partial charge in [-0.15, -0.1) is 23.7 Å². The Balaban J connectivity index is 0.00000210. The quantitative estimate of drug-likeness (QED) is 0.698. The van der Waals surface area contributed by atoms with Crippen molar-refractivity contribution in [2.45, 2.75) is 32.9 Å². The van der Waals surface area contributed by atoms with Crippen molar-refractivity contribution in [3.8, 4) is 0 Å². The largest absolute Gasteiger partial charge is 0.347 e. The minimum absolute atomic E-state index is 0. The van der Waals surface area contributed by atoms with E-state index in [-0.39, 0.29) is 24.4 Å². The average molecular weight is 405 g/mol. The molecule has 0 bridgehead atoms. The Labute approximate surface area is 169 Å². The summed E-state index contributed by atoms with van der Waals surface area (Å²) in [6.45, 7) is 6.81. The minimum Gasteiger partial charge on any atom is -0.347 e. The van der Waals surface area contributed by atoms with E-state index < -0.39 is 0 Å². The van der Waals surface area contributed by atoms with Crippen LogP contribution in [0, 0.1) is 12.8 Å². The van der Waals surface area contributed by atoms with Crippen LogP contribution in [-0.2, 0) is 6.54 Å². The number of aryl methyl sites for hydroxylation is 1. The predicted molar refractivity (Wildman–Crippen MR) is 113 cm³/mol. The highest BCUT2D eigenvalue weighted by atomic mass is 35.5. The fourth-order valence-corrected chi connectivity index (χ4v) is 4.57. The van der Waals surface area contributed by atoms with Gasteiger partial charge in [0.2, 0.25) is 0 Å². The van der Waals surface area contributed by atoms with Crippen molar-refractivity contribution in [2.24, 2.45) is 5.92 Å². The van der Waals surface area contributed by atoms with Crippen LogP contribution in [0.15, 0.2) is 36.4 Å². The molecule has 1 aliphatic rings. The number of carbonyl (C=O) groups excluding carboxylic acids is 1. The number of aromatic nitrogens is 2. The Morgan fingerprint density at radius 2 is 2.15 bits per heavy atom. The number of halogens is 1. The number of benzene rings is 1. The number of amides is 1. The first-order valence-corrected chi connectivity index (χ1v) is 9.96. The zero-order valence-corrected chi connectivity index (χ0v) is 17.2. The number of hydrogen-bond acceptors (Lipinski definition) is 4. The lowest BCUT2D eigenvalue weighted by molar-refractivity contribution is 0.0919. The van der Waals surface area contributed by atoms with Crippen molar-refractivity contribution >= 4 is 39.9 Å². The molecular formula is C20H25ClN4OS. The van der Waals surface area contributed by atoms with Crippen molar-refractivity contribution < 1.29 is 4.79 Å². The van der Waals surface area contributed by atoms with E-state index >= 15 is 0 Å². The number of nitrogens with zero attached hydrogens (tertiary/aromatic N) is 2. The van der Waals surface area contributed by atoms with E-state index in [1.54, 1.807) is 0 Å². The van der Waals surface area contributed by atoms with Crippen LogP contribution in [-0.4, -0.2) is 34.8 Å². The fraction of sp³-hybridized carbons (Fsp3) is 0.400. The van der Waals surface area contributed by atoms with Gasteiger partial charge in [0.25, 0.3) is 5.91 Å². The molecule has 1 saturated heterocycles. The maximum absolute atomic E-state index is 12.7. The van der Waals surface area contributed by atoms with Crippen molar-refractivity contribution in [2.75, 3.05) is 13.1 Å². The Kier molecular flexibility index (Phi) is 6.19. The number of thiophene rings is 1. The highest BCUT2D eigenvalue weighted by Crippen LogP contribution is 2.29. The van der Waals surface area contributed by atoms with E-state index in [0.717, 1.165) is 46.8 Å². The molecule has 0 radical (unpaired) electrons. The maximum Gasteiger partial charge on any atom is 0.261 e. The summed E-state index contributed by atoms with van der Waals surface area (Å²) in [4.78, 5) is 14.6. The standard InChI is InChI=1S/C20H24N4OS.ClH/c1-13-8-9-21-11-17(13)22-19(25)18-10-16-14(2)23-24(20(16)26-18)12-15-6-4-3-5-7-15;/h3-7,10,13,17,21H,8-9,11-12H2,1-2H3,(H,22,25);1H. The molecule has 0 spiro atoms. The summed E-state index contributed by atoms with van der Waals surface area (Å²) < 4.78 is 2.01. The summed E-state index contributed by atoms with van der Waals surface area (Å²) >= 11 is 1.53. The molecule has 144 valence electrons. The number of piperidine rings is 1. The molecule has 1 aromatic carbocycles. The van der Waals surface area contributed by atoms with Crippen molar-refractivity contribution in [1.29, 1.82) is 0 Å². The molecule has 2 atom stereocenters. The van der Waals surface area contributed by atoms with Crippen LogP contribution in [0.2, 0.25) is 0 Å². The number of nitrogens with one attached hydrogen (secondary N) is 2. The zero-order chi connectivity index (χ0) is 18.1. The van der Waals surface area contributed by atoms with Gasteiger partial charge in [0, 0.05) is 18.0 Å². The number of hydrogen-bond donors (Lipinski definition) is 2. The Morgan fingerprint density at radius 3 is 2.89 bits per heavy atom. The van der Waals surface area contributed by atoms with Crippen LogP contribution in [0.4, 0.5) is 0 Å². The Bertz CT molecular complexity index is 921. The lowest BCUT2D eigenvalue weighted by Gasteiger charge is -2.30. The molecule has 0 saturated carbocycles. The van der Waals surface area contributed by atoms with Crippen LogP contribution in [0.1, 0.15) is 34.3 Å². The van der Waals surface area contributed by atoms with Gasteiger partial charge in [-0.2, -0.15) is 5.10 Å². The van der Waals surface area contributed by atoms with Gasteiger partial charge in [0.15, 0.2) is 0 Å². The smallest absolute Gasteiger partial charge is 0.261 e. The van der Waals surface area contributed by atoms with Crippen molar-refractivity contribution in [1.82, 2.24) is 20.4 Å². The molecule has 27 heavy (non-hydrogen) atoms. The maximum atomic E-state index is 12.7. The molecule has 1 fully saturated rings. The predicted octanol–water partition coefficient (Wildman–Crippen LogP) is 3.60. The Hall–Kier alpha value is -1.89. The van der Waals surface area contributed by atoms with Crippen LogP contribution in [0.3, 0.4) is 0 Å². The first-order chi connectivity index (χ1) is 12.6. The third kappa shape index (κ3) is 4.18. The zero-order valence-electron chi connectivity index (χ0n) is 15.6. The lowest BCUT2D eigenvalue weighted by Crippen LogP contribution is -2.50. The molecule has 0 aliphatic carbocycles. The summed E-state index contributed by atoms with van der Waals surface area (Å²) in [6, 6.07) is 12.5. The molecule has 2 unspecified atom stereocenters. The Morgan fingerprint density at radius 1 is 1.37 bits per heavy atom. The number of carbonyl (C=O) groups is 1. The van der Waals surface area contributed by atoms with E-state index in [9.17, 15) is 4.79 Å². The van der Waals surface area contributed by atoms with E-state index in [0.29, 0.717) is 5.92 Å². The third-order valence-corrected chi connectivity index (χ3v) is 6.30. The molecule has 2 aromatic heterocycles. The van der Waals surface area contributed by atoms with Gasteiger partial charge in [-0.05, 0) is 37.4 Å². The highest BCUT2D eigenvalue weighted by molar-refractivity contribution is 7.20.